The summed E-state index contributed by atoms with van der Waals surface area (Å²) in [6.45, 7) is 2.03. The second kappa shape index (κ2) is 6.76. The summed E-state index contributed by atoms with van der Waals surface area (Å²) in [5.74, 6) is -1.18. The number of thioether (sulfide) groups is 1. The molecule has 3 atom stereocenters. The van der Waals surface area contributed by atoms with Crippen molar-refractivity contribution in [1.82, 2.24) is 5.32 Å². The molecule has 0 saturated carbocycles. The Morgan fingerprint density at radius 1 is 1.45 bits per heavy atom. The molecule has 5 nitrogen and oxygen atoms in total. The monoisotopic (exact) mass is 294 g/mol. The van der Waals surface area contributed by atoms with Gasteiger partial charge < -0.3 is 15.2 Å². The molecule has 1 aliphatic heterocycles. The lowest BCUT2D eigenvalue weighted by Crippen LogP contribution is -2.49. The number of amidine groups is 1. The van der Waals surface area contributed by atoms with Gasteiger partial charge >= 0.3 is 5.97 Å². The molecule has 1 aromatic carbocycles. The number of nitrogens with one attached hydrogen (secondary N) is 1. The summed E-state index contributed by atoms with van der Waals surface area (Å²) in [6, 6.07) is 9.04. The molecule has 3 unspecified atom stereocenters. The minimum absolute atomic E-state index is 0.280. The molecule has 0 aliphatic carbocycles. The van der Waals surface area contributed by atoms with Gasteiger partial charge in [-0.1, -0.05) is 42.1 Å². The largest absolute Gasteiger partial charge is 0.466 e. The molecule has 108 valence electrons. The number of carbonyl (C=O) groups is 1. The highest BCUT2D eigenvalue weighted by atomic mass is 32.2. The highest BCUT2D eigenvalue weighted by molar-refractivity contribution is 8.13. The maximum atomic E-state index is 12.1. The van der Waals surface area contributed by atoms with Gasteiger partial charge in [0.2, 0.25) is 0 Å². The lowest BCUT2D eigenvalue weighted by atomic mass is 9.91. The second-order valence-corrected chi connectivity index (χ2v) is 5.16. The molecule has 2 rings (SSSR count). The molecule has 20 heavy (non-hydrogen) atoms. The highest BCUT2D eigenvalue weighted by Gasteiger charge is 2.40. The Kier molecular flexibility index (Phi) is 5.03. The number of benzene rings is 1. The van der Waals surface area contributed by atoms with Crippen LogP contribution in [0, 0.1) is 5.92 Å². The van der Waals surface area contributed by atoms with E-state index >= 15 is 0 Å². The first-order valence-electron chi connectivity index (χ1n) is 6.45. The highest BCUT2D eigenvalue weighted by Crippen LogP contribution is 2.33. The Labute approximate surface area is 122 Å². The maximum Gasteiger partial charge on any atom is 0.316 e. The average Bonchev–Trinajstić information content (AvgIpc) is 2.47. The van der Waals surface area contributed by atoms with Gasteiger partial charge in [-0.2, -0.15) is 0 Å². The first kappa shape index (κ1) is 14.9. The zero-order valence-electron chi connectivity index (χ0n) is 11.4. The molecule has 0 radical (unpaired) electrons. The van der Waals surface area contributed by atoms with Crippen LogP contribution in [-0.2, 0) is 9.53 Å². The summed E-state index contributed by atoms with van der Waals surface area (Å²) in [5, 5.41) is 13.6. The van der Waals surface area contributed by atoms with Crippen LogP contribution in [0.5, 0.6) is 0 Å². The molecule has 6 heteroatoms. The summed E-state index contributed by atoms with van der Waals surface area (Å²) in [4.78, 5) is 16.6. The van der Waals surface area contributed by atoms with Crippen LogP contribution in [0.25, 0.3) is 0 Å². The van der Waals surface area contributed by atoms with Crippen LogP contribution in [0.2, 0.25) is 0 Å². The van der Waals surface area contributed by atoms with Gasteiger partial charge in [0.25, 0.3) is 0 Å². The molecular formula is C14H18N2O3S. The quantitative estimate of drug-likeness (QED) is 0.828. The fourth-order valence-corrected chi connectivity index (χ4v) is 2.63. The summed E-state index contributed by atoms with van der Waals surface area (Å²) >= 11 is 1.40. The molecule has 0 aromatic heterocycles. The smallest absolute Gasteiger partial charge is 0.316 e. The van der Waals surface area contributed by atoms with Gasteiger partial charge in [0, 0.05) is 0 Å². The van der Waals surface area contributed by atoms with Gasteiger partial charge in [-0.25, -0.2) is 0 Å². The van der Waals surface area contributed by atoms with E-state index in [1.54, 1.807) is 6.92 Å². The first-order valence-corrected chi connectivity index (χ1v) is 7.67. The third-order valence-corrected chi connectivity index (χ3v) is 3.71. The van der Waals surface area contributed by atoms with Gasteiger partial charge in [0.1, 0.15) is 12.1 Å². The molecule has 1 aromatic rings. The molecule has 2 N–H and O–H groups in total. The molecule has 0 amide bonds. The van der Waals surface area contributed by atoms with Crippen LogP contribution in [0.3, 0.4) is 0 Å². The van der Waals surface area contributed by atoms with Crippen LogP contribution in [0.4, 0.5) is 0 Å². The minimum atomic E-state index is -1.00. The summed E-state index contributed by atoms with van der Waals surface area (Å²) in [5.41, 5.74) is 0.887. The van der Waals surface area contributed by atoms with Gasteiger partial charge in [-0.3, -0.25) is 9.79 Å². The molecule has 0 fully saturated rings. The third-order valence-electron chi connectivity index (χ3n) is 3.10. The fraction of sp³-hybridized carbons (Fsp3) is 0.429. The van der Waals surface area contributed by atoms with E-state index in [0.29, 0.717) is 5.17 Å². The summed E-state index contributed by atoms with van der Waals surface area (Å²) < 4.78 is 5.06. The molecule has 1 heterocycles. The number of hydrogen-bond acceptors (Lipinski definition) is 6. The number of rotatable bonds is 3. The first-order chi connectivity index (χ1) is 9.67. The van der Waals surface area contributed by atoms with E-state index in [1.165, 1.54) is 11.8 Å². The Hall–Kier alpha value is -1.53. The SMILES string of the molecule is CCOC(=O)C1C(O)NC(SC)=NC1c1ccccc1. The van der Waals surface area contributed by atoms with Crippen molar-refractivity contribution < 1.29 is 14.6 Å². The van der Waals surface area contributed by atoms with E-state index in [2.05, 4.69) is 10.3 Å². The zero-order chi connectivity index (χ0) is 14.5. The normalized spacial score (nSPS) is 25.6. The van der Waals surface area contributed by atoms with Gasteiger partial charge in [-0.05, 0) is 18.7 Å². The number of carbonyl (C=O) groups excluding carboxylic acids is 1. The second-order valence-electron chi connectivity index (χ2n) is 4.36. The molecular weight excluding hydrogens is 276 g/mol. The lowest BCUT2D eigenvalue weighted by molar-refractivity contribution is -0.154. The molecule has 1 aliphatic rings. The molecule has 0 spiro atoms. The summed E-state index contributed by atoms with van der Waals surface area (Å²) in [6.07, 6.45) is 0.866. The van der Waals surface area contributed by atoms with Crippen molar-refractivity contribution in [3.05, 3.63) is 35.9 Å². The van der Waals surface area contributed by atoms with Crippen LogP contribution in [-0.4, -0.2) is 35.3 Å². The minimum Gasteiger partial charge on any atom is -0.466 e. The van der Waals surface area contributed by atoms with Crippen LogP contribution >= 0.6 is 11.8 Å². The molecule has 0 bridgehead atoms. The van der Waals surface area contributed by atoms with Gasteiger partial charge in [0.05, 0.1) is 12.6 Å². The number of nitrogens with zero attached hydrogens (tertiary/aromatic N) is 1. The topological polar surface area (TPSA) is 70.9 Å². The van der Waals surface area contributed by atoms with Crippen molar-refractivity contribution in [3.8, 4) is 0 Å². The average molecular weight is 294 g/mol. The van der Waals surface area contributed by atoms with E-state index in [1.807, 2.05) is 36.6 Å². The van der Waals surface area contributed by atoms with Crippen molar-refractivity contribution in [3.63, 3.8) is 0 Å². The Balaban J connectivity index is 2.36. The van der Waals surface area contributed by atoms with Gasteiger partial charge in [-0.15, -0.1) is 0 Å². The Bertz CT molecular complexity index is 492. The number of hydrogen-bond donors (Lipinski definition) is 2. The molecule has 0 saturated heterocycles. The lowest BCUT2D eigenvalue weighted by Gasteiger charge is -2.32. The fourth-order valence-electron chi connectivity index (χ4n) is 2.17. The van der Waals surface area contributed by atoms with E-state index in [9.17, 15) is 9.90 Å². The Morgan fingerprint density at radius 3 is 2.75 bits per heavy atom. The number of aliphatic hydroxyl groups is 1. The zero-order valence-corrected chi connectivity index (χ0v) is 12.3. The van der Waals surface area contributed by atoms with Crippen molar-refractivity contribution in [1.29, 1.82) is 0 Å². The van der Waals surface area contributed by atoms with Crippen molar-refractivity contribution >= 4 is 22.9 Å². The van der Waals surface area contributed by atoms with Crippen LogP contribution in [0.1, 0.15) is 18.5 Å². The predicted octanol–water partition coefficient (Wildman–Crippen LogP) is 1.55. The predicted molar refractivity (Wildman–Crippen MR) is 79.4 cm³/mol. The van der Waals surface area contributed by atoms with E-state index in [-0.39, 0.29) is 6.61 Å². The number of esters is 1. The third kappa shape index (κ3) is 3.13. The maximum absolute atomic E-state index is 12.1. The van der Waals surface area contributed by atoms with Crippen molar-refractivity contribution in [2.24, 2.45) is 10.9 Å². The number of ether oxygens (including phenoxy) is 1. The standard InChI is InChI=1S/C14H18N2O3S/c1-3-19-13(18)10-11(9-7-5-4-6-8-9)15-14(20-2)16-12(10)17/h4-8,10-12,17H,3H2,1-2H3,(H,15,16). The van der Waals surface area contributed by atoms with Crippen LogP contribution < -0.4 is 5.32 Å². The van der Waals surface area contributed by atoms with Crippen molar-refractivity contribution in [2.75, 3.05) is 12.9 Å². The summed E-state index contributed by atoms with van der Waals surface area (Å²) in [7, 11) is 0. The van der Waals surface area contributed by atoms with Crippen molar-refractivity contribution in [2.45, 2.75) is 19.2 Å². The number of aliphatic imine (C=N–C) groups is 1. The van der Waals surface area contributed by atoms with E-state index < -0.39 is 24.2 Å². The van der Waals surface area contributed by atoms with E-state index in [4.69, 9.17) is 4.74 Å². The van der Waals surface area contributed by atoms with Gasteiger partial charge in [0.15, 0.2) is 5.17 Å². The van der Waals surface area contributed by atoms with E-state index in [0.717, 1.165) is 5.56 Å². The number of aliphatic hydroxyl groups excluding tert-OH is 1. The van der Waals surface area contributed by atoms with Crippen LogP contribution in [0.15, 0.2) is 35.3 Å². The Morgan fingerprint density at radius 2 is 2.15 bits per heavy atom.